The summed E-state index contributed by atoms with van der Waals surface area (Å²) in [4.78, 5) is 12.6. The van der Waals surface area contributed by atoms with Gasteiger partial charge in [0, 0.05) is 25.3 Å². The van der Waals surface area contributed by atoms with Crippen molar-refractivity contribution in [2.45, 2.75) is 110 Å². The number of carbonyl (C=O) groups excluding carboxylic acids is 1. The second-order valence-electron chi connectivity index (χ2n) is 15.0. The van der Waals surface area contributed by atoms with Gasteiger partial charge < -0.3 is 19.5 Å². The third-order valence-corrected chi connectivity index (χ3v) is 12.9. The molecule has 5 nitrogen and oxygen atoms in total. The van der Waals surface area contributed by atoms with Crippen LogP contribution in [-0.4, -0.2) is 30.7 Å². The average Bonchev–Trinajstić information content (AvgIpc) is 3.40. The lowest BCUT2D eigenvalue weighted by Gasteiger charge is -2.58. The zero-order valence-electron chi connectivity index (χ0n) is 25.3. The highest BCUT2D eigenvalue weighted by atomic mass is 19.1. The van der Waals surface area contributed by atoms with Crippen molar-refractivity contribution >= 4 is 6.09 Å². The van der Waals surface area contributed by atoms with Gasteiger partial charge in [0.15, 0.2) is 5.79 Å². The minimum atomic E-state index is -0.383. The molecule has 224 valence electrons. The van der Waals surface area contributed by atoms with Gasteiger partial charge in [0.1, 0.15) is 11.9 Å². The summed E-state index contributed by atoms with van der Waals surface area (Å²) in [5, 5.41) is 2.84. The van der Waals surface area contributed by atoms with E-state index in [2.05, 4.69) is 39.1 Å². The van der Waals surface area contributed by atoms with E-state index < -0.39 is 0 Å². The molecule has 2 aliphatic heterocycles. The third kappa shape index (κ3) is 4.49. The fourth-order valence-electron chi connectivity index (χ4n) is 10.7. The van der Waals surface area contributed by atoms with Crippen LogP contribution in [0.4, 0.5) is 9.18 Å². The summed E-state index contributed by atoms with van der Waals surface area (Å²) in [6.45, 7) is 11.0. The molecular formula is C35H48FNO4. The van der Waals surface area contributed by atoms with Crippen molar-refractivity contribution in [1.82, 2.24) is 5.32 Å². The Morgan fingerprint density at radius 3 is 2.63 bits per heavy atom. The first-order valence-corrected chi connectivity index (χ1v) is 16.3. The van der Waals surface area contributed by atoms with Gasteiger partial charge in [-0.05, 0) is 103 Å². The van der Waals surface area contributed by atoms with E-state index in [-0.39, 0.29) is 29.2 Å². The third-order valence-electron chi connectivity index (χ3n) is 12.9. The predicted octanol–water partition coefficient (Wildman–Crippen LogP) is 7.79. The molecule has 1 aromatic rings. The van der Waals surface area contributed by atoms with E-state index in [1.165, 1.54) is 43.4 Å². The number of halogens is 1. The summed E-state index contributed by atoms with van der Waals surface area (Å²) >= 11 is 0. The number of rotatable bonds is 3. The van der Waals surface area contributed by atoms with Gasteiger partial charge in [-0.1, -0.05) is 51.5 Å². The Balaban J connectivity index is 1.01. The Morgan fingerprint density at radius 1 is 1.07 bits per heavy atom. The number of carbonyl (C=O) groups is 1. The summed E-state index contributed by atoms with van der Waals surface area (Å²) in [5.74, 6) is 3.18. The smallest absolute Gasteiger partial charge is 0.407 e. The molecule has 0 aromatic heterocycles. The predicted molar refractivity (Wildman–Crippen MR) is 155 cm³/mol. The number of fused-ring (bicyclic) bond motifs is 7. The van der Waals surface area contributed by atoms with Gasteiger partial charge in [0.2, 0.25) is 0 Å². The highest BCUT2D eigenvalue weighted by Crippen LogP contribution is 2.70. The average molecular weight is 566 g/mol. The van der Waals surface area contributed by atoms with Crippen LogP contribution in [0.15, 0.2) is 35.9 Å². The highest BCUT2D eigenvalue weighted by molar-refractivity contribution is 5.67. The van der Waals surface area contributed by atoms with Crippen molar-refractivity contribution in [2.24, 2.45) is 46.3 Å². The summed E-state index contributed by atoms with van der Waals surface area (Å²) in [7, 11) is 0. The van der Waals surface area contributed by atoms with Crippen molar-refractivity contribution in [3.63, 3.8) is 0 Å². The number of alkyl carbamates (subject to hydrolysis) is 1. The largest absolute Gasteiger partial charge is 0.446 e. The highest BCUT2D eigenvalue weighted by Gasteiger charge is 2.68. The first-order chi connectivity index (χ1) is 19.6. The van der Waals surface area contributed by atoms with Crippen LogP contribution in [0.3, 0.4) is 0 Å². The summed E-state index contributed by atoms with van der Waals surface area (Å²) in [6.07, 6.45) is 12.4. The molecule has 6 heteroatoms. The fourth-order valence-corrected chi connectivity index (χ4v) is 10.7. The normalized spacial score (nSPS) is 46.6. The van der Waals surface area contributed by atoms with Gasteiger partial charge >= 0.3 is 6.09 Å². The summed E-state index contributed by atoms with van der Waals surface area (Å²) < 4.78 is 32.5. The molecule has 5 fully saturated rings. The van der Waals surface area contributed by atoms with Crippen LogP contribution in [0.25, 0.3) is 0 Å². The number of amides is 1. The van der Waals surface area contributed by atoms with Crippen LogP contribution < -0.4 is 5.32 Å². The minimum absolute atomic E-state index is 0.0811. The van der Waals surface area contributed by atoms with E-state index in [4.69, 9.17) is 14.2 Å². The molecule has 1 N–H and O–H groups in total. The maximum Gasteiger partial charge on any atom is 0.407 e. The van der Waals surface area contributed by atoms with Gasteiger partial charge in [0.25, 0.3) is 0 Å². The van der Waals surface area contributed by atoms with E-state index >= 15 is 0 Å². The molecule has 4 aliphatic carbocycles. The van der Waals surface area contributed by atoms with E-state index in [1.807, 2.05) is 0 Å². The molecule has 3 saturated carbocycles. The molecule has 0 unspecified atom stereocenters. The van der Waals surface area contributed by atoms with E-state index in [9.17, 15) is 9.18 Å². The molecule has 0 bridgehead atoms. The number of hydrogen-bond acceptors (Lipinski definition) is 4. The second-order valence-corrected chi connectivity index (χ2v) is 15.0. The lowest BCUT2D eigenvalue weighted by Crippen LogP contribution is -2.52. The Labute approximate surface area is 245 Å². The van der Waals surface area contributed by atoms with Crippen LogP contribution in [0.2, 0.25) is 0 Å². The summed E-state index contributed by atoms with van der Waals surface area (Å²) in [6, 6.07) is 6.20. The molecule has 2 saturated heterocycles. The molecule has 0 radical (unpaired) electrons. The van der Waals surface area contributed by atoms with E-state index in [0.29, 0.717) is 53.6 Å². The zero-order valence-corrected chi connectivity index (χ0v) is 25.3. The SMILES string of the molecule is C[C@@H]1CC[C@@]2(OC1)O[C@H]1C[C@H]3[C@@H]4CC=C5C[C@@H](OC(=O)NCc6ccc(F)cc6)CC[C@]5(C)[C@H]4CC[C@]3(C)[C@H]1[C@@H]2C. The Hall–Kier alpha value is -1.92. The first kappa shape index (κ1) is 27.9. The molecule has 41 heavy (non-hydrogen) atoms. The molecule has 6 aliphatic rings. The van der Waals surface area contributed by atoms with Gasteiger partial charge in [0.05, 0.1) is 12.7 Å². The minimum Gasteiger partial charge on any atom is -0.446 e. The maximum absolute atomic E-state index is 13.2. The topological polar surface area (TPSA) is 56.8 Å². The van der Waals surface area contributed by atoms with Crippen molar-refractivity contribution in [3.05, 3.63) is 47.3 Å². The van der Waals surface area contributed by atoms with Crippen LogP contribution in [-0.2, 0) is 20.8 Å². The van der Waals surface area contributed by atoms with Crippen LogP contribution >= 0.6 is 0 Å². The van der Waals surface area contributed by atoms with Gasteiger partial charge in [-0.2, -0.15) is 0 Å². The monoisotopic (exact) mass is 565 g/mol. The molecule has 1 aromatic carbocycles. The zero-order chi connectivity index (χ0) is 28.6. The maximum atomic E-state index is 13.2. The number of nitrogens with one attached hydrogen (secondary N) is 1. The van der Waals surface area contributed by atoms with Gasteiger partial charge in [-0.25, -0.2) is 9.18 Å². The van der Waals surface area contributed by atoms with Crippen LogP contribution in [0.1, 0.15) is 91.0 Å². The van der Waals surface area contributed by atoms with Crippen LogP contribution in [0.5, 0.6) is 0 Å². The van der Waals surface area contributed by atoms with Crippen LogP contribution in [0, 0.1) is 52.2 Å². The molecule has 7 rings (SSSR count). The van der Waals surface area contributed by atoms with Gasteiger partial charge in [-0.3, -0.25) is 0 Å². The number of hydrogen-bond donors (Lipinski definition) is 1. The van der Waals surface area contributed by atoms with Crippen molar-refractivity contribution in [1.29, 1.82) is 0 Å². The molecule has 1 amide bonds. The lowest BCUT2D eigenvalue weighted by molar-refractivity contribution is -0.272. The van der Waals surface area contributed by atoms with E-state index in [0.717, 1.165) is 44.3 Å². The Bertz CT molecular complexity index is 1190. The van der Waals surface area contributed by atoms with Crippen molar-refractivity contribution < 1.29 is 23.4 Å². The lowest BCUT2D eigenvalue weighted by atomic mass is 9.47. The van der Waals surface area contributed by atoms with Crippen molar-refractivity contribution in [3.8, 4) is 0 Å². The van der Waals surface area contributed by atoms with Crippen molar-refractivity contribution in [2.75, 3.05) is 6.61 Å². The standard InChI is InChI=1S/C35H48FNO4/c1-21-11-16-35(39-20-21)22(2)31-30(41-35)18-29-27-10-7-24-17-26(12-14-33(24,3)28(27)13-15-34(29,31)4)40-32(38)37-19-23-5-8-25(36)9-6-23/h5-9,21-22,26-31H,10-20H2,1-4H3,(H,37,38)/t21-,22+,26+,27-,28+,29+,30+,31+,33+,34+,35-/m1/s1. The molecule has 11 atom stereocenters. The molecule has 1 spiro atoms. The Morgan fingerprint density at radius 2 is 1.88 bits per heavy atom. The second kappa shape index (κ2) is 10.1. The van der Waals surface area contributed by atoms with E-state index in [1.54, 1.807) is 12.1 Å². The summed E-state index contributed by atoms with van der Waals surface area (Å²) in [5.41, 5.74) is 2.89. The molecule has 2 heterocycles. The number of benzene rings is 1. The van der Waals surface area contributed by atoms with Gasteiger partial charge in [-0.15, -0.1) is 0 Å². The molecular weight excluding hydrogens is 517 g/mol. The quantitative estimate of drug-likeness (QED) is 0.380. The first-order valence-electron chi connectivity index (χ1n) is 16.3. The fraction of sp³-hybridized carbons (Fsp3) is 0.743. The Kier molecular flexibility index (Phi) is 6.85. The number of allylic oxidation sites excluding steroid dienone is 1. The number of ether oxygens (including phenoxy) is 3.